The highest BCUT2D eigenvalue weighted by atomic mass is 28.4. The number of hydrogen-bond donors (Lipinski definition) is 1. The van der Waals surface area contributed by atoms with Gasteiger partial charge in [-0.1, -0.05) is 175 Å². The largest absolute Gasteiger partial charge is 0.497 e. The number of ketones is 1. The molecule has 1 aromatic carbocycles. The predicted octanol–water partition coefficient (Wildman–Crippen LogP) is 21.0. The van der Waals surface area contributed by atoms with Crippen LogP contribution in [0.15, 0.2) is 73.4 Å². The first-order chi connectivity index (χ1) is 59.2. The minimum absolute atomic E-state index is 0.00502. The third kappa shape index (κ3) is 23.9. The van der Waals surface area contributed by atoms with Crippen molar-refractivity contribution >= 4 is 53.3 Å². The van der Waals surface area contributed by atoms with Crippen LogP contribution in [-0.4, -0.2) is 237 Å². The van der Waals surface area contributed by atoms with Crippen molar-refractivity contribution in [1.82, 2.24) is 0 Å². The van der Waals surface area contributed by atoms with Crippen LogP contribution in [0.2, 0.25) is 90.7 Å². The summed E-state index contributed by atoms with van der Waals surface area (Å²) < 4.78 is 135. The van der Waals surface area contributed by atoms with Gasteiger partial charge in [-0.25, -0.2) is 0 Å². The number of carbonyl (C=O) groups is 2. The van der Waals surface area contributed by atoms with Crippen LogP contribution in [-0.2, 0) is 99.9 Å². The lowest BCUT2D eigenvalue weighted by molar-refractivity contribution is -0.305. The zero-order valence-corrected chi connectivity index (χ0v) is 89.5. The van der Waals surface area contributed by atoms with Gasteiger partial charge in [0.05, 0.1) is 150 Å². The summed E-state index contributed by atoms with van der Waals surface area (Å²) in [6.45, 7) is 80.1. The maximum absolute atomic E-state index is 15.3. The Morgan fingerprint density at radius 1 is 0.602 bits per heavy atom. The van der Waals surface area contributed by atoms with Gasteiger partial charge in [0.25, 0.3) is 0 Å². The van der Waals surface area contributed by atoms with Crippen molar-refractivity contribution in [3.63, 3.8) is 0 Å². The number of aliphatic hydroxyl groups excluding tert-OH is 1. The van der Waals surface area contributed by atoms with Crippen LogP contribution in [0.5, 0.6) is 5.75 Å². The Balaban J connectivity index is 0.794. The van der Waals surface area contributed by atoms with Gasteiger partial charge in [-0.05, 0) is 182 Å². The molecule has 12 saturated heterocycles. The van der Waals surface area contributed by atoms with Crippen molar-refractivity contribution in [2.24, 2.45) is 23.7 Å². The molecule has 0 aliphatic carbocycles. The van der Waals surface area contributed by atoms with E-state index >= 15 is 9.59 Å². The number of rotatable bonds is 31. The molecule has 30 atom stereocenters. The summed E-state index contributed by atoms with van der Waals surface area (Å²) in [6.07, 6.45) is 2.86. The molecule has 22 nitrogen and oxygen atoms in total. The summed E-state index contributed by atoms with van der Waals surface area (Å²) in [7, 11) is -10.3. The predicted molar refractivity (Wildman–Crippen MR) is 513 cm³/mol. The van der Waals surface area contributed by atoms with Gasteiger partial charge in [0.2, 0.25) is 5.79 Å². The summed E-state index contributed by atoms with van der Waals surface area (Å²) >= 11 is 0. The number of hydrogen-bond acceptors (Lipinski definition) is 22. The molecule has 128 heavy (non-hydrogen) atoms. The minimum Gasteiger partial charge on any atom is -0.497 e. The quantitative estimate of drug-likeness (QED) is 0.0414. The molecule has 12 bridgehead atoms. The highest BCUT2D eigenvalue weighted by Crippen LogP contribution is 2.60. The zero-order valence-electron chi connectivity index (χ0n) is 84.5. The van der Waals surface area contributed by atoms with E-state index < -0.39 is 163 Å². The summed E-state index contributed by atoms with van der Waals surface area (Å²) in [5, 5.41) is 12.4. The number of aliphatic hydroxyl groups is 1. The van der Waals surface area contributed by atoms with Crippen LogP contribution < -0.4 is 4.74 Å². The minimum atomic E-state index is -2.55. The standard InChI is InChI=1S/C101H172O22Si5/c1-34-47-107-101-60-100-46-45-73-51-63(4)76(109-73)43-40-71-50-61(2)65(6)78(110-71)55-83-89(116-86(104)54-72-41-44-77-90(111-72)91(117-100)92(118-101)93(113-77)94(101)119-100)66(7)88-84(112-83)57-82(122-127(30,31)98(17,18)19)79(115-88)52-68(102)37-42-75(106-58-67-35-38-70(105-23)39-36-67)62(3)48-69(103)49-64(5)87-85(123-128(32,33)99(20,21)22)56-80(114-87)81(121-126(28,29)97(14,15)16)53-74(120-125(26,27)96(11,12)13)59-108-124(24,25)95(8,9)10/h34-39,42,61-62,64,66,68,71-85,87-94,102H,1,4,6,40-41,43-60H2,2-3,5,7-33H3/b42-37+/t61-,62+,64+,66+,68?,71+,72-,73+,74-,75-,76+,77+,78-,79-,80+,81+,82-,83+,84+,85+,87+,88+,89-,90+,91+,92+,93-,94-,100-,101-/m1/s1. The van der Waals surface area contributed by atoms with E-state index in [1.165, 1.54) is 0 Å². The van der Waals surface area contributed by atoms with E-state index in [4.69, 9.17) is 95.0 Å². The van der Waals surface area contributed by atoms with E-state index in [1.807, 2.05) is 36.4 Å². The Morgan fingerprint density at radius 2 is 1.21 bits per heavy atom. The van der Waals surface area contributed by atoms with E-state index in [-0.39, 0.29) is 136 Å². The molecule has 0 saturated carbocycles. The number of benzene rings is 1. The van der Waals surface area contributed by atoms with Crippen LogP contribution in [0.3, 0.4) is 0 Å². The van der Waals surface area contributed by atoms with Crippen LogP contribution in [0, 0.1) is 23.7 Å². The van der Waals surface area contributed by atoms with Crippen LogP contribution in [0.4, 0.5) is 0 Å². The van der Waals surface area contributed by atoms with Gasteiger partial charge in [0, 0.05) is 57.3 Å². The molecule has 27 heteroatoms. The van der Waals surface area contributed by atoms with E-state index in [0.717, 1.165) is 48.1 Å². The molecule has 12 aliphatic rings. The van der Waals surface area contributed by atoms with Gasteiger partial charge in [0.1, 0.15) is 48.2 Å². The molecular weight excluding hydrogens is 1710 g/mol. The van der Waals surface area contributed by atoms with E-state index in [0.29, 0.717) is 64.4 Å². The van der Waals surface area contributed by atoms with Gasteiger partial charge in [-0.2, -0.15) is 0 Å². The molecule has 12 fully saturated rings. The van der Waals surface area contributed by atoms with Gasteiger partial charge >= 0.3 is 5.97 Å². The fourth-order valence-corrected chi connectivity index (χ4v) is 26.6. The molecule has 12 aliphatic heterocycles. The number of carbonyl (C=O) groups excluding carboxylic acids is 2. The topological polar surface area (TPSA) is 230 Å². The molecule has 12 heterocycles. The first-order valence-electron chi connectivity index (χ1n) is 49.1. The smallest absolute Gasteiger partial charge is 0.308 e. The van der Waals surface area contributed by atoms with E-state index in [9.17, 15) is 5.11 Å². The number of Topliss-reactive ketones (excluding diaryl/α,β-unsaturated/α-hetero) is 1. The summed E-state index contributed by atoms with van der Waals surface area (Å²) in [5.41, 5.74) is 3.00. The first kappa shape index (κ1) is 104. The molecule has 1 spiro atoms. The normalized spacial score (nSPS) is 36.3. The van der Waals surface area contributed by atoms with Crippen molar-refractivity contribution in [1.29, 1.82) is 0 Å². The maximum Gasteiger partial charge on any atom is 0.308 e. The molecule has 1 unspecified atom stereocenters. The lowest BCUT2D eigenvalue weighted by atomic mass is 9.79. The van der Waals surface area contributed by atoms with Crippen LogP contribution >= 0.6 is 0 Å². The van der Waals surface area contributed by atoms with Crippen molar-refractivity contribution in [2.45, 2.75) is 496 Å². The Hall–Kier alpha value is -2.52. The second-order valence-electron chi connectivity index (χ2n) is 48.3. The third-order valence-electron chi connectivity index (χ3n) is 33.2. The molecule has 1 N–H and O–H groups in total. The van der Waals surface area contributed by atoms with Gasteiger partial charge in [0.15, 0.2) is 47.4 Å². The fourth-order valence-electron chi connectivity index (χ4n) is 20.2. The molecule has 0 amide bonds. The summed E-state index contributed by atoms with van der Waals surface area (Å²) in [4.78, 5) is 30.5. The van der Waals surface area contributed by atoms with Crippen molar-refractivity contribution in [2.75, 3.05) is 20.3 Å². The van der Waals surface area contributed by atoms with Crippen molar-refractivity contribution in [3.8, 4) is 5.75 Å². The molecule has 728 valence electrons. The molecule has 1 aromatic rings. The monoisotopic (exact) mass is 1880 g/mol. The van der Waals surface area contributed by atoms with Crippen LogP contribution in [0.1, 0.15) is 246 Å². The average molecular weight is 1880 g/mol. The molecule has 0 aromatic heterocycles. The molecule has 0 radical (unpaired) electrons. The Morgan fingerprint density at radius 3 is 1.85 bits per heavy atom. The van der Waals surface area contributed by atoms with Gasteiger partial charge in [-0.15, -0.1) is 6.58 Å². The van der Waals surface area contributed by atoms with E-state index in [1.54, 1.807) is 13.2 Å². The highest BCUT2D eigenvalue weighted by molar-refractivity contribution is 6.76. The lowest BCUT2D eigenvalue weighted by Gasteiger charge is -2.53. The lowest BCUT2D eigenvalue weighted by Crippen LogP contribution is -2.63. The van der Waals surface area contributed by atoms with Crippen molar-refractivity contribution in [3.05, 3.63) is 78.9 Å². The second-order valence-corrected chi connectivity index (χ2v) is 72.1. The Bertz CT molecular complexity index is 3950. The number of methoxy groups -OCH3 is 1. The number of ether oxygens (including phenoxy) is 14. The first-order valence-corrected chi connectivity index (χ1v) is 63.7. The van der Waals surface area contributed by atoms with Crippen molar-refractivity contribution < 1.29 is 103 Å². The zero-order chi connectivity index (χ0) is 94.2. The summed E-state index contributed by atoms with van der Waals surface area (Å²) in [5.74, 6) is -2.58. The Kier molecular flexibility index (Phi) is 32.7. The fraction of sp³-hybridized carbons (Fsp3) is 0.842. The van der Waals surface area contributed by atoms with Crippen LogP contribution in [0.25, 0.3) is 0 Å². The second kappa shape index (κ2) is 40.1. The average Bonchev–Trinajstić information content (AvgIpc) is 1.52. The molecule has 13 rings (SSSR count). The van der Waals surface area contributed by atoms with E-state index in [2.05, 4.69) is 210 Å². The number of esters is 1. The SMILES string of the molecule is C=CCO[C@]12C[C@]34CC[C@H]5CC(=C)[C@H](CC[C@H]6C[C@@H](C)C(=C)[C@@H](C[C@@H]7O[C@H]8C[C@@H](O[Si](C)(C)C(C)(C)C)[C@@H](CC(O)/C=C/[C@@H](OCc9ccc(OC)cc9)[C@@H](C)CC(=O)C[C@H](C)[C@@H]9O[C@H]([C@H](C[C@H](CO[Si](C)(C)C(C)(C)C)O[Si](C)(C)C(C)(C)C)O[Si](C)(C)C(C)(C)C)C[C@@H]9O[Si](C)(C)C(C)(C)C)O[C@H]8[C@H](C)[C@H]7OC(=O)C[C@H]7CC[C@@H]8O[C@H]([C@@H](O1)[C@@H](O3)[C@H]8O7)[C@H]2O4)O6)O5. The highest BCUT2D eigenvalue weighted by Gasteiger charge is 2.76. The number of fused-ring (bicyclic) bond motifs is 7. The third-order valence-corrected chi connectivity index (χ3v) is 55.8. The van der Waals surface area contributed by atoms with Gasteiger partial charge < -0.3 is 93.6 Å². The summed E-state index contributed by atoms with van der Waals surface area (Å²) in [6, 6.07) is 7.81. The molecular formula is C101H172O22Si5. The van der Waals surface area contributed by atoms with Gasteiger partial charge in [-0.3, -0.25) is 9.59 Å². The Labute approximate surface area is 776 Å². The maximum atomic E-state index is 15.3.